The van der Waals surface area contributed by atoms with E-state index in [1.54, 1.807) is 0 Å². The van der Waals surface area contributed by atoms with Gasteiger partial charge in [0, 0.05) is 5.39 Å². The molecular formula is C13H17NO. The third-order valence-corrected chi connectivity index (χ3v) is 2.75. The molecule has 15 heavy (non-hydrogen) atoms. The van der Waals surface area contributed by atoms with Crippen LogP contribution in [0.2, 0.25) is 0 Å². The van der Waals surface area contributed by atoms with E-state index in [-0.39, 0.29) is 0 Å². The molecule has 1 N–H and O–H groups in total. The number of hydrogen-bond donors (Lipinski definition) is 1. The number of furan rings is 1. The molecule has 1 aromatic carbocycles. The summed E-state index contributed by atoms with van der Waals surface area (Å²) in [5, 5.41) is 4.43. The predicted molar refractivity (Wildman–Crippen MR) is 63.2 cm³/mol. The maximum Gasteiger partial charge on any atom is 0.137 e. The molecule has 0 bridgehead atoms. The summed E-state index contributed by atoms with van der Waals surface area (Å²) in [6.45, 7) is 3.14. The van der Waals surface area contributed by atoms with Crippen molar-refractivity contribution in [2.75, 3.05) is 13.6 Å². The molecule has 0 aliphatic carbocycles. The zero-order valence-electron chi connectivity index (χ0n) is 9.34. The van der Waals surface area contributed by atoms with Crippen LogP contribution >= 0.6 is 0 Å². The predicted octanol–water partition coefficient (Wildman–Crippen LogP) is 2.89. The van der Waals surface area contributed by atoms with Crippen molar-refractivity contribution in [3.63, 3.8) is 0 Å². The summed E-state index contributed by atoms with van der Waals surface area (Å²) in [6, 6.07) is 6.32. The van der Waals surface area contributed by atoms with Crippen LogP contribution in [0, 0.1) is 6.92 Å². The Kier molecular flexibility index (Phi) is 3.07. The second kappa shape index (κ2) is 4.49. The van der Waals surface area contributed by atoms with E-state index in [1.807, 2.05) is 13.3 Å². The molecule has 1 aromatic heterocycles. The van der Waals surface area contributed by atoms with Crippen molar-refractivity contribution >= 4 is 11.0 Å². The first kappa shape index (κ1) is 10.2. The molecular weight excluding hydrogens is 186 g/mol. The fourth-order valence-electron chi connectivity index (χ4n) is 1.90. The lowest BCUT2D eigenvalue weighted by Gasteiger charge is -1.98. The van der Waals surface area contributed by atoms with E-state index >= 15 is 0 Å². The number of nitrogens with one attached hydrogen (secondary N) is 1. The largest absolute Gasteiger partial charge is 0.464 e. The lowest BCUT2D eigenvalue weighted by molar-refractivity contribution is 0.605. The third-order valence-electron chi connectivity index (χ3n) is 2.75. The summed E-state index contributed by atoms with van der Waals surface area (Å²) in [6.07, 6.45) is 4.13. The van der Waals surface area contributed by atoms with Gasteiger partial charge in [-0.25, -0.2) is 0 Å². The minimum atomic E-state index is 1.04. The summed E-state index contributed by atoms with van der Waals surface area (Å²) in [5.74, 6) is 0. The van der Waals surface area contributed by atoms with Crippen molar-refractivity contribution in [3.05, 3.63) is 35.6 Å². The van der Waals surface area contributed by atoms with Crippen LogP contribution in [0.15, 0.2) is 28.9 Å². The van der Waals surface area contributed by atoms with Gasteiger partial charge < -0.3 is 9.73 Å². The molecule has 1 heterocycles. The lowest BCUT2D eigenvalue weighted by atomic mass is 10.1. The van der Waals surface area contributed by atoms with Gasteiger partial charge in [0.05, 0.1) is 6.26 Å². The van der Waals surface area contributed by atoms with Gasteiger partial charge in [-0.2, -0.15) is 0 Å². The van der Waals surface area contributed by atoms with Crippen LogP contribution < -0.4 is 5.32 Å². The molecule has 0 fully saturated rings. The summed E-state index contributed by atoms with van der Waals surface area (Å²) in [5.41, 5.74) is 3.58. The summed E-state index contributed by atoms with van der Waals surface area (Å²) in [4.78, 5) is 0. The van der Waals surface area contributed by atoms with Gasteiger partial charge in [0.2, 0.25) is 0 Å². The minimum Gasteiger partial charge on any atom is -0.464 e. The highest BCUT2D eigenvalue weighted by Gasteiger charge is 2.06. The molecule has 0 aliphatic heterocycles. The Bertz CT molecular complexity index is 445. The summed E-state index contributed by atoms with van der Waals surface area (Å²) < 4.78 is 5.59. The van der Waals surface area contributed by atoms with Crippen LogP contribution in [-0.2, 0) is 6.42 Å². The van der Waals surface area contributed by atoms with E-state index < -0.39 is 0 Å². The van der Waals surface area contributed by atoms with E-state index in [2.05, 4.69) is 30.4 Å². The molecule has 0 radical (unpaired) electrons. The molecule has 0 unspecified atom stereocenters. The van der Waals surface area contributed by atoms with Crippen molar-refractivity contribution in [3.8, 4) is 0 Å². The Labute approximate surface area is 90.3 Å². The van der Waals surface area contributed by atoms with E-state index in [0.717, 1.165) is 25.0 Å². The minimum absolute atomic E-state index is 1.04. The van der Waals surface area contributed by atoms with Crippen LogP contribution in [0.3, 0.4) is 0 Å². The van der Waals surface area contributed by atoms with Gasteiger partial charge >= 0.3 is 0 Å². The topological polar surface area (TPSA) is 25.2 Å². The molecule has 0 aliphatic rings. The van der Waals surface area contributed by atoms with E-state index in [4.69, 9.17) is 4.42 Å². The van der Waals surface area contributed by atoms with Crippen molar-refractivity contribution < 1.29 is 4.42 Å². The first-order valence-corrected chi connectivity index (χ1v) is 5.43. The van der Waals surface area contributed by atoms with Gasteiger partial charge in [0.25, 0.3) is 0 Å². The average molecular weight is 203 g/mol. The number of aryl methyl sites for hydroxylation is 2. The number of rotatable bonds is 4. The van der Waals surface area contributed by atoms with Gasteiger partial charge in [0.1, 0.15) is 5.58 Å². The average Bonchev–Trinajstić information content (AvgIpc) is 2.64. The SMILES string of the molecule is CNCCCc1coc2c(C)cccc12. The van der Waals surface area contributed by atoms with Crippen molar-refractivity contribution in [2.45, 2.75) is 19.8 Å². The molecule has 2 nitrogen and oxygen atoms in total. The molecule has 0 saturated carbocycles. The second-order valence-electron chi connectivity index (χ2n) is 3.92. The molecule has 0 atom stereocenters. The molecule has 2 heteroatoms. The number of benzene rings is 1. The first-order valence-electron chi connectivity index (χ1n) is 5.43. The van der Waals surface area contributed by atoms with Crippen molar-refractivity contribution in [1.29, 1.82) is 0 Å². The summed E-state index contributed by atoms with van der Waals surface area (Å²) in [7, 11) is 1.98. The smallest absolute Gasteiger partial charge is 0.137 e. The number of hydrogen-bond acceptors (Lipinski definition) is 2. The van der Waals surface area contributed by atoms with Crippen LogP contribution in [0.1, 0.15) is 17.5 Å². The highest BCUT2D eigenvalue weighted by molar-refractivity contribution is 5.83. The van der Waals surface area contributed by atoms with Crippen molar-refractivity contribution in [1.82, 2.24) is 5.32 Å². The summed E-state index contributed by atoms with van der Waals surface area (Å²) >= 11 is 0. The highest BCUT2D eigenvalue weighted by Crippen LogP contribution is 2.24. The van der Waals surface area contributed by atoms with Gasteiger partial charge in [-0.15, -0.1) is 0 Å². The normalized spacial score (nSPS) is 11.1. The van der Waals surface area contributed by atoms with Crippen LogP contribution in [-0.4, -0.2) is 13.6 Å². The van der Waals surface area contributed by atoms with Gasteiger partial charge in [-0.1, -0.05) is 18.2 Å². The Hall–Kier alpha value is -1.28. The van der Waals surface area contributed by atoms with Crippen LogP contribution in [0.25, 0.3) is 11.0 Å². The Morgan fingerprint density at radius 3 is 3.00 bits per heavy atom. The number of fused-ring (bicyclic) bond motifs is 1. The maximum atomic E-state index is 5.59. The Morgan fingerprint density at radius 2 is 2.20 bits per heavy atom. The van der Waals surface area contributed by atoms with Gasteiger partial charge in [-0.3, -0.25) is 0 Å². The monoisotopic (exact) mass is 203 g/mol. The van der Waals surface area contributed by atoms with Crippen LogP contribution in [0.5, 0.6) is 0 Å². The highest BCUT2D eigenvalue weighted by atomic mass is 16.3. The second-order valence-corrected chi connectivity index (χ2v) is 3.92. The third kappa shape index (κ3) is 2.05. The molecule has 80 valence electrons. The van der Waals surface area contributed by atoms with Crippen molar-refractivity contribution in [2.24, 2.45) is 0 Å². The zero-order chi connectivity index (χ0) is 10.7. The van der Waals surface area contributed by atoms with E-state index in [0.29, 0.717) is 0 Å². The fourth-order valence-corrected chi connectivity index (χ4v) is 1.90. The Balaban J connectivity index is 2.25. The first-order chi connectivity index (χ1) is 7.33. The molecule has 0 saturated heterocycles. The molecule has 0 amide bonds. The number of para-hydroxylation sites is 1. The van der Waals surface area contributed by atoms with E-state index in [1.165, 1.54) is 16.5 Å². The Morgan fingerprint density at radius 1 is 1.33 bits per heavy atom. The lowest BCUT2D eigenvalue weighted by Crippen LogP contribution is -2.08. The van der Waals surface area contributed by atoms with Gasteiger partial charge in [-0.05, 0) is 44.5 Å². The molecule has 2 aromatic rings. The molecule has 0 spiro atoms. The molecule has 2 rings (SSSR count). The zero-order valence-corrected chi connectivity index (χ0v) is 9.34. The standard InChI is InChI=1S/C13H17NO/c1-10-5-3-7-12-11(6-4-8-14-2)9-15-13(10)12/h3,5,7,9,14H,4,6,8H2,1-2H3. The van der Waals surface area contributed by atoms with E-state index in [9.17, 15) is 0 Å². The maximum absolute atomic E-state index is 5.59. The van der Waals surface area contributed by atoms with Crippen LogP contribution in [0.4, 0.5) is 0 Å². The van der Waals surface area contributed by atoms with Gasteiger partial charge in [0.15, 0.2) is 0 Å². The quantitative estimate of drug-likeness (QED) is 0.773. The fraction of sp³-hybridized carbons (Fsp3) is 0.385.